The Balaban J connectivity index is 2.12. The molecule has 3 nitrogen and oxygen atoms in total. The molecule has 0 aliphatic carbocycles. The number of H-pyrrole nitrogens is 1. The number of nitrogens with one attached hydrogen (secondary N) is 1. The highest BCUT2D eigenvalue weighted by Gasteiger charge is 2.31. The lowest BCUT2D eigenvalue weighted by Gasteiger charge is -2.04. The molecule has 0 fully saturated rings. The predicted molar refractivity (Wildman–Crippen MR) is 64.3 cm³/mol. The van der Waals surface area contributed by atoms with Gasteiger partial charge in [0.1, 0.15) is 5.65 Å². The van der Waals surface area contributed by atoms with E-state index < -0.39 is 11.7 Å². The second-order valence-electron chi connectivity index (χ2n) is 4.08. The van der Waals surface area contributed by atoms with Crippen LogP contribution in [0.4, 0.5) is 13.2 Å². The second kappa shape index (κ2) is 4.08. The van der Waals surface area contributed by atoms with Crippen molar-refractivity contribution >= 4 is 11.0 Å². The number of hydrogen-bond acceptors (Lipinski definition) is 2. The van der Waals surface area contributed by atoms with Gasteiger partial charge in [-0.3, -0.25) is 4.98 Å². The van der Waals surface area contributed by atoms with Gasteiger partial charge in [0, 0.05) is 35.2 Å². The van der Waals surface area contributed by atoms with Crippen LogP contribution in [0.25, 0.3) is 22.3 Å². The van der Waals surface area contributed by atoms with Gasteiger partial charge in [0.25, 0.3) is 0 Å². The summed E-state index contributed by atoms with van der Waals surface area (Å²) in [7, 11) is 0. The van der Waals surface area contributed by atoms with E-state index in [0.29, 0.717) is 16.7 Å². The van der Waals surface area contributed by atoms with Crippen molar-refractivity contribution in [1.82, 2.24) is 15.0 Å². The van der Waals surface area contributed by atoms with E-state index in [9.17, 15) is 13.2 Å². The van der Waals surface area contributed by atoms with Gasteiger partial charge in [0.05, 0.1) is 5.56 Å². The van der Waals surface area contributed by atoms with Gasteiger partial charge in [0.15, 0.2) is 0 Å². The van der Waals surface area contributed by atoms with Crippen molar-refractivity contribution in [3.63, 3.8) is 0 Å². The van der Waals surface area contributed by atoms with Crippen LogP contribution in [0.3, 0.4) is 0 Å². The number of pyridine rings is 2. The summed E-state index contributed by atoms with van der Waals surface area (Å²) in [5.74, 6) is 0. The van der Waals surface area contributed by atoms with Crippen LogP contribution in [0.2, 0.25) is 0 Å². The lowest BCUT2D eigenvalue weighted by atomic mass is 10.2. The first kappa shape index (κ1) is 11.7. The maximum atomic E-state index is 12.6. The van der Waals surface area contributed by atoms with Crippen LogP contribution in [0.5, 0.6) is 0 Å². The molecule has 0 unspecified atom stereocenters. The van der Waals surface area contributed by atoms with E-state index in [1.807, 2.05) is 0 Å². The number of halogens is 3. The molecule has 0 saturated carbocycles. The van der Waals surface area contributed by atoms with Gasteiger partial charge in [-0.1, -0.05) is 0 Å². The van der Waals surface area contributed by atoms with E-state index in [1.54, 1.807) is 30.6 Å². The molecule has 0 atom stereocenters. The van der Waals surface area contributed by atoms with Gasteiger partial charge in [-0.05, 0) is 24.3 Å². The lowest BCUT2D eigenvalue weighted by Crippen LogP contribution is -2.04. The van der Waals surface area contributed by atoms with Crippen LogP contribution >= 0.6 is 0 Å². The van der Waals surface area contributed by atoms with Crippen molar-refractivity contribution in [1.29, 1.82) is 0 Å². The number of hydrogen-bond donors (Lipinski definition) is 1. The fraction of sp³-hybridized carbons (Fsp3) is 0.0769. The molecule has 0 bridgehead atoms. The molecular weight excluding hydrogens is 255 g/mol. The summed E-state index contributed by atoms with van der Waals surface area (Å²) in [5, 5.41) is 0.432. The summed E-state index contributed by atoms with van der Waals surface area (Å²) in [4.78, 5) is 10.7. The van der Waals surface area contributed by atoms with Crippen molar-refractivity contribution in [2.75, 3.05) is 0 Å². The van der Waals surface area contributed by atoms with Gasteiger partial charge in [-0.25, -0.2) is 4.98 Å². The van der Waals surface area contributed by atoms with Gasteiger partial charge in [0.2, 0.25) is 0 Å². The Morgan fingerprint density at radius 3 is 2.47 bits per heavy atom. The van der Waals surface area contributed by atoms with Crippen LogP contribution in [-0.4, -0.2) is 15.0 Å². The first-order valence-corrected chi connectivity index (χ1v) is 5.50. The zero-order valence-electron chi connectivity index (χ0n) is 9.57. The number of nitrogens with zero attached hydrogens (tertiary/aromatic N) is 2. The standard InChI is InChI=1S/C13H8F3N3/c14-13(15,16)10-5-9-6-11(19-12(9)18-7-10)8-1-3-17-4-2-8/h1-7H,(H,18,19). The molecule has 0 aliphatic heterocycles. The monoisotopic (exact) mass is 263 g/mol. The van der Waals surface area contributed by atoms with Crippen LogP contribution < -0.4 is 0 Å². The van der Waals surface area contributed by atoms with Crippen molar-refractivity contribution in [2.45, 2.75) is 6.18 Å². The van der Waals surface area contributed by atoms with E-state index in [0.717, 1.165) is 17.8 Å². The zero-order valence-corrected chi connectivity index (χ0v) is 9.57. The zero-order chi connectivity index (χ0) is 13.5. The minimum absolute atomic E-state index is 0.430. The highest BCUT2D eigenvalue weighted by molar-refractivity contribution is 5.83. The number of alkyl halides is 3. The molecular formula is C13H8F3N3. The van der Waals surface area contributed by atoms with Crippen molar-refractivity contribution in [3.8, 4) is 11.3 Å². The number of rotatable bonds is 1. The van der Waals surface area contributed by atoms with Gasteiger partial charge in [-0.15, -0.1) is 0 Å². The third-order valence-corrected chi connectivity index (χ3v) is 2.79. The molecule has 6 heteroatoms. The van der Waals surface area contributed by atoms with Crippen molar-refractivity contribution in [3.05, 3.63) is 48.4 Å². The first-order chi connectivity index (χ1) is 9.04. The summed E-state index contributed by atoms with van der Waals surface area (Å²) in [5.41, 5.74) is 1.24. The Bertz CT molecular complexity index is 717. The molecule has 3 rings (SSSR count). The van der Waals surface area contributed by atoms with Crippen LogP contribution in [0.15, 0.2) is 42.9 Å². The smallest absolute Gasteiger partial charge is 0.339 e. The second-order valence-corrected chi connectivity index (χ2v) is 4.08. The normalized spacial score (nSPS) is 11.9. The maximum Gasteiger partial charge on any atom is 0.417 e. The number of aromatic nitrogens is 3. The van der Waals surface area contributed by atoms with Gasteiger partial charge in [-0.2, -0.15) is 13.2 Å². The fourth-order valence-corrected chi connectivity index (χ4v) is 1.86. The van der Waals surface area contributed by atoms with E-state index in [2.05, 4.69) is 15.0 Å². The molecule has 0 saturated heterocycles. The molecule has 0 aliphatic rings. The maximum absolute atomic E-state index is 12.6. The third kappa shape index (κ3) is 2.16. The number of fused-ring (bicyclic) bond motifs is 1. The van der Waals surface area contributed by atoms with Crippen LogP contribution in [0, 0.1) is 0 Å². The molecule has 1 N–H and O–H groups in total. The third-order valence-electron chi connectivity index (χ3n) is 2.79. The summed E-state index contributed by atoms with van der Waals surface area (Å²) in [6.07, 6.45) is -0.310. The predicted octanol–water partition coefficient (Wildman–Crippen LogP) is 3.64. The van der Waals surface area contributed by atoms with Gasteiger partial charge < -0.3 is 4.98 Å². The fourth-order valence-electron chi connectivity index (χ4n) is 1.86. The first-order valence-electron chi connectivity index (χ1n) is 5.50. The molecule has 0 spiro atoms. The average molecular weight is 263 g/mol. The van der Waals surface area contributed by atoms with Crippen molar-refractivity contribution in [2.24, 2.45) is 0 Å². The lowest BCUT2D eigenvalue weighted by molar-refractivity contribution is -0.137. The van der Waals surface area contributed by atoms with E-state index in [-0.39, 0.29) is 0 Å². The summed E-state index contributed by atoms with van der Waals surface area (Å²) in [6, 6.07) is 6.28. The molecule has 3 aromatic heterocycles. The Morgan fingerprint density at radius 1 is 1.05 bits per heavy atom. The summed E-state index contributed by atoms with van der Waals surface area (Å²) >= 11 is 0. The van der Waals surface area contributed by atoms with E-state index in [4.69, 9.17) is 0 Å². The highest BCUT2D eigenvalue weighted by atomic mass is 19.4. The minimum Gasteiger partial charge on any atom is -0.339 e. The van der Waals surface area contributed by atoms with Crippen molar-refractivity contribution < 1.29 is 13.2 Å². The SMILES string of the molecule is FC(F)(F)c1cnc2[nH]c(-c3ccncc3)cc2c1. The molecule has 0 radical (unpaired) electrons. The number of aromatic amines is 1. The average Bonchev–Trinajstić information content (AvgIpc) is 2.81. The Labute approximate surface area is 106 Å². The Morgan fingerprint density at radius 2 is 1.79 bits per heavy atom. The van der Waals surface area contributed by atoms with E-state index >= 15 is 0 Å². The van der Waals surface area contributed by atoms with Crippen LogP contribution in [-0.2, 0) is 6.18 Å². The van der Waals surface area contributed by atoms with Crippen LogP contribution in [0.1, 0.15) is 5.56 Å². The van der Waals surface area contributed by atoms with E-state index in [1.165, 1.54) is 0 Å². The minimum atomic E-state index is -4.38. The molecule has 3 aromatic rings. The molecule has 0 aromatic carbocycles. The highest BCUT2D eigenvalue weighted by Crippen LogP contribution is 2.31. The molecule has 96 valence electrons. The quantitative estimate of drug-likeness (QED) is 0.728. The Hall–Kier alpha value is -2.37. The topological polar surface area (TPSA) is 41.6 Å². The molecule has 3 heterocycles. The summed E-state index contributed by atoms with van der Waals surface area (Å²) < 4.78 is 37.8. The largest absolute Gasteiger partial charge is 0.417 e. The Kier molecular flexibility index (Phi) is 2.51. The van der Waals surface area contributed by atoms with Gasteiger partial charge >= 0.3 is 6.18 Å². The molecule has 0 amide bonds. The molecule has 19 heavy (non-hydrogen) atoms. The summed E-state index contributed by atoms with van der Waals surface area (Å²) in [6.45, 7) is 0.